The summed E-state index contributed by atoms with van der Waals surface area (Å²) < 4.78 is 6.82. The minimum absolute atomic E-state index is 0.723. The molecule has 84 valence electrons. The Bertz CT molecular complexity index is 670. The molecule has 0 aliphatic heterocycles. The minimum Gasteiger partial charge on any atom is -0.455 e. The van der Waals surface area contributed by atoms with Gasteiger partial charge in [-0.2, -0.15) is 0 Å². The standard InChI is InChI=1S/C14H8BrClO/c15-13-11-3-1-2-4-12(11)17-14(13)9-5-7-10(16)8-6-9/h1-8H. The third-order valence-electron chi connectivity index (χ3n) is 2.64. The molecule has 0 N–H and O–H groups in total. The second-order valence-corrected chi connectivity index (χ2v) is 4.98. The third kappa shape index (κ3) is 1.88. The van der Waals surface area contributed by atoms with E-state index in [0.29, 0.717) is 0 Å². The van der Waals surface area contributed by atoms with Gasteiger partial charge in [0, 0.05) is 16.0 Å². The van der Waals surface area contributed by atoms with Crippen molar-refractivity contribution in [2.75, 3.05) is 0 Å². The molecule has 3 aromatic rings. The van der Waals surface area contributed by atoms with E-state index in [1.54, 1.807) is 0 Å². The average molecular weight is 308 g/mol. The Morgan fingerprint density at radius 2 is 1.65 bits per heavy atom. The number of benzene rings is 2. The molecule has 0 fully saturated rings. The Balaban J connectivity index is 2.24. The maximum Gasteiger partial charge on any atom is 0.149 e. The quantitative estimate of drug-likeness (QED) is 0.577. The van der Waals surface area contributed by atoms with Crippen LogP contribution in [0.15, 0.2) is 57.4 Å². The fourth-order valence-corrected chi connectivity index (χ4v) is 2.56. The lowest BCUT2D eigenvalue weighted by molar-refractivity contribution is 0.630. The first kappa shape index (κ1) is 10.9. The highest BCUT2D eigenvalue weighted by atomic mass is 79.9. The van der Waals surface area contributed by atoms with Crippen molar-refractivity contribution in [2.24, 2.45) is 0 Å². The highest BCUT2D eigenvalue weighted by molar-refractivity contribution is 9.10. The lowest BCUT2D eigenvalue weighted by Gasteiger charge is -1.97. The zero-order valence-electron chi connectivity index (χ0n) is 8.78. The van der Waals surface area contributed by atoms with E-state index in [0.717, 1.165) is 31.8 Å². The van der Waals surface area contributed by atoms with E-state index >= 15 is 0 Å². The van der Waals surface area contributed by atoms with Gasteiger partial charge in [0.25, 0.3) is 0 Å². The summed E-state index contributed by atoms with van der Waals surface area (Å²) >= 11 is 9.46. The summed E-state index contributed by atoms with van der Waals surface area (Å²) in [5.41, 5.74) is 1.89. The predicted molar refractivity (Wildman–Crippen MR) is 74.4 cm³/mol. The molecule has 3 heteroatoms. The van der Waals surface area contributed by atoms with Gasteiger partial charge in [0.1, 0.15) is 11.3 Å². The molecule has 0 saturated heterocycles. The first-order valence-electron chi connectivity index (χ1n) is 5.18. The molecular weight excluding hydrogens is 300 g/mol. The summed E-state index contributed by atoms with van der Waals surface area (Å²) in [6.07, 6.45) is 0. The molecule has 0 aliphatic rings. The van der Waals surface area contributed by atoms with Gasteiger partial charge in [-0.3, -0.25) is 0 Å². The number of rotatable bonds is 1. The number of para-hydroxylation sites is 1. The highest BCUT2D eigenvalue weighted by Crippen LogP contribution is 2.37. The molecule has 0 saturated carbocycles. The zero-order valence-corrected chi connectivity index (χ0v) is 11.1. The number of hydrogen-bond acceptors (Lipinski definition) is 1. The van der Waals surface area contributed by atoms with Gasteiger partial charge in [-0.25, -0.2) is 0 Å². The van der Waals surface area contributed by atoms with Crippen molar-refractivity contribution in [2.45, 2.75) is 0 Å². The Labute approximate surface area is 112 Å². The molecule has 0 atom stereocenters. The summed E-state index contributed by atoms with van der Waals surface area (Å²) in [4.78, 5) is 0. The first-order chi connectivity index (χ1) is 8.25. The molecule has 0 bridgehead atoms. The van der Waals surface area contributed by atoms with Crippen LogP contribution in [-0.4, -0.2) is 0 Å². The smallest absolute Gasteiger partial charge is 0.149 e. The molecule has 0 spiro atoms. The van der Waals surface area contributed by atoms with Crippen LogP contribution < -0.4 is 0 Å². The molecule has 0 radical (unpaired) electrons. The van der Waals surface area contributed by atoms with Crippen molar-refractivity contribution < 1.29 is 4.42 Å². The van der Waals surface area contributed by atoms with Gasteiger partial charge < -0.3 is 4.42 Å². The van der Waals surface area contributed by atoms with Gasteiger partial charge in [-0.05, 0) is 52.3 Å². The molecule has 1 heterocycles. The van der Waals surface area contributed by atoms with Gasteiger partial charge in [0.2, 0.25) is 0 Å². The predicted octanol–water partition coefficient (Wildman–Crippen LogP) is 5.52. The minimum atomic E-state index is 0.723. The van der Waals surface area contributed by atoms with E-state index in [1.165, 1.54) is 0 Å². The monoisotopic (exact) mass is 306 g/mol. The van der Waals surface area contributed by atoms with Crippen LogP contribution in [0.2, 0.25) is 5.02 Å². The molecule has 0 aliphatic carbocycles. The maximum absolute atomic E-state index is 5.88. The van der Waals surface area contributed by atoms with Crippen molar-refractivity contribution in [1.29, 1.82) is 0 Å². The Morgan fingerprint density at radius 3 is 2.35 bits per heavy atom. The summed E-state index contributed by atoms with van der Waals surface area (Å²) in [7, 11) is 0. The van der Waals surface area contributed by atoms with Crippen LogP contribution in [-0.2, 0) is 0 Å². The van der Waals surface area contributed by atoms with Crippen LogP contribution in [0.5, 0.6) is 0 Å². The molecule has 2 aromatic carbocycles. The fraction of sp³-hybridized carbons (Fsp3) is 0. The van der Waals surface area contributed by atoms with Crippen LogP contribution in [0, 0.1) is 0 Å². The average Bonchev–Trinajstić information content (AvgIpc) is 2.69. The summed E-state index contributed by atoms with van der Waals surface area (Å²) in [5, 5.41) is 1.80. The normalized spacial score (nSPS) is 10.9. The van der Waals surface area contributed by atoms with Crippen LogP contribution >= 0.6 is 27.5 Å². The summed E-state index contributed by atoms with van der Waals surface area (Å²) in [6.45, 7) is 0. The van der Waals surface area contributed by atoms with E-state index < -0.39 is 0 Å². The summed E-state index contributed by atoms with van der Waals surface area (Å²) in [6, 6.07) is 15.6. The van der Waals surface area contributed by atoms with Gasteiger partial charge in [-0.1, -0.05) is 23.7 Å². The van der Waals surface area contributed by atoms with E-state index in [4.69, 9.17) is 16.0 Å². The molecule has 3 rings (SSSR count). The van der Waals surface area contributed by atoms with E-state index in [1.807, 2.05) is 48.5 Å². The maximum atomic E-state index is 5.88. The van der Waals surface area contributed by atoms with Crippen LogP contribution in [0.4, 0.5) is 0 Å². The number of hydrogen-bond donors (Lipinski definition) is 0. The lowest BCUT2D eigenvalue weighted by atomic mass is 10.1. The fourth-order valence-electron chi connectivity index (χ4n) is 1.80. The van der Waals surface area contributed by atoms with Gasteiger partial charge in [0.15, 0.2) is 0 Å². The molecule has 1 aromatic heterocycles. The van der Waals surface area contributed by atoms with Crippen LogP contribution in [0.1, 0.15) is 0 Å². The van der Waals surface area contributed by atoms with Gasteiger partial charge in [0.05, 0.1) is 4.47 Å². The van der Waals surface area contributed by atoms with Gasteiger partial charge in [-0.15, -0.1) is 0 Å². The Morgan fingerprint density at radius 1 is 0.941 bits per heavy atom. The van der Waals surface area contributed by atoms with E-state index in [2.05, 4.69) is 15.9 Å². The first-order valence-corrected chi connectivity index (χ1v) is 6.36. The van der Waals surface area contributed by atoms with Crippen LogP contribution in [0.25, 0.3) is 22.3 Å². The molecule has 0 amide bonds. The third-order valence-corrected chi connectivity index (χ3v) is 3.68. The zero-order chi connectivity index (χ0) is 11.8. The number of halogens is 2. The number of furan rings is 1. The second-order valence-electron chi connectivity index (χ2n) is 3.75. The molecule has 17 heavy (non-hydrogen) atoms. The summed E-state index contributed by atoms with van der Waals surface area (Å²) in [5.74, 6) is 0.836. The largest absolute Gasteiger partial charge is 0.455 e. The molecular formula is C14H8BrClO. The second kappa shape index (κ2) is 4.21. The Hall–Kier alpha value is -1.25. The molecule has 0 unspecified atom stereocenters. The van der Waals surface area contributed by atoms with Crippen LogP contribution in [0.3, 0.4) is 0 Å². The highest BCUT2D eigenvalue weighted by Gasteiger charge is 2.12. The van der Waals surface area contributed by atoms with Crippen molar-refractivity contribution in [3.63, 3.8) is 0 Å². The van der Waals surface area contributed by atoms with Crippen molar-refractivity contribution >= 4 is 38.5 Å². The molecule has 1 nitrogen and oxygen atoms in total. The van der Waals surface area contributed by atoms with Crippen molar-refractivity contribution in [3.05, 3.63) is 58.0 Å². The number of fused-ring (bicyclic) bond motifs is 1. The SMILES string of the molecule is Clc1ccc(-c2oc3ccccc3c2Br)cc1. The van der Waals surface area contributed by atoms with E-state index in [-0.39, 0.29) is 0 Å². The van der Waals surface area contributed by atoms with Crippen molar-refractivity contribution in [1.82, 2.24) is 0 Å². The topological polar surface area (TPSA) is 13.1 Å². The van der Waals surface area contributed by atoms with Gasteiger partial charge >= 0.3 is 0 Å². The van der Waals surface area contributed by atoms with E-state index in [9.17, 15) is 0 Å². The van der Waals surface area contributed by atoms with Crippen molar-refractivity contribution in [3.8, 4) is 11.3 Å². The lowest BCUT2D eigenvalue weighted by Crippen LogP contribution is -1.73. The Kier molecular flexibility index (Phi) is 2.69.